The van der Waals surface area contributed by atoms with E-state index in [0.717, 1.165) is 17.6 Å². The van der Waals surface area contributed by atoms with E-state index < -0.39 is 5.63 Å². The largest absolute Gasteiger partial charge is 0.497 e. The number of hydrogen-bond acceptors (Lipinski definition) is 4. The van der Waals surface area contributed by atoms with Gasteiger partial charge < -0.3 is 14.5 Å². The minimum Gasteiger partial charge on any atom is -0.497 e. The highest BCUT2D eigenvalue weighted by Gasteiger charge is 2.05. The monoisotopic (exact) mass is 273 g/mol. The fourth-order valence-corrected chi connectivity index (χ4v) is 1.70. The first kappa shape index (κ1) is 13.9. The summed E-state index contributed by atoms with van der Waals surface area (Å²) < 4.78 is 9.71. The quantitative estimate of drug-likeness (QED) is 0.898. The average Bonchev–Trinajstić information content (AvgIpc) is 2.48. The number of ether oxygens (including phenoxy) is 1. The number of amides is 1. The molecule has 0 saturated heterocycles. The van der Waals surface area contributed by atoms with E-state index in [9.17, 15) is 9.59 Å². The van der Waals surface area contributed by atoms with E-state index in [1.807, 2.05) is 24.3 Å². The summed E-state index contributed by atoms with van der Waals surface area (Å²) in [5.74, 6) is 0.541. The Labute approximate surface area is 116 Å². The topological polar surface area (TPSA) is 68.5 Å². The van der Waals surface area contributed by atoms with Gasteiger partial charge in [0.25, 0.3) is 5.91 Å². The molecule has 0 atom stereocenters. The Morgan fingerprint density at radius 1 is 1.20 bits per heavy atom. The first-order valence-electron chi connectivity index (χ1n) is 6.19. The Hall–Kier alpha value is -2.56. The summed E-state index contributed by atoms with van der Waals surface area (Å²) >= 11 is 0. The molecule has 0 unspecified atom stereocenters. The molecule has 20 heavy (non-hydrogen) atoms. The SMILES string of the molecule is COc1ccc(CCNC(=O)c2ccc(=O)oc2)cc1. The summed E-state index contributed by atoms with van der Waals surface area (Å²) in [5.41, 5.74) is 0.963. The molecular weight excluding hydrogens is 258 g/mol. The van der Waals surface area contributed by atoms with E-state index in [0.29, 0.717) is 18.5 Å². The first-order valence-corrected chi connectivity index (χ1v) is 6.19. The highest BCUT2D eigenvalue weighted by molar-refractivity contribution is 5.93. The van der Waals surface area contributed by atoms with Crippen molar-refractivity contribution in [2.45, 2.75) is 6.42 Å². The maximum atomic E-state index is 11.8. The smallest absolute Gasteiger partial charge is 0.335 e. The molecule has 0 aliphatic rings. The van der Waals surface area contributed by atoms with Crippen molar-refractivity contribution in [2.75, 3.05) is 13.7 Å². The fourth-order valence-electron chi connectivity index (χ4n) is 1.70. The van der Waals surface area contributed by atoms with Gasteiger partial charge in [-0.05, 0) is 30.2 Å². The fraction of sp³-hybridized carbons (Fsp3) is 0.200. The highest BCUT2D eigenvalue weighted by Crippen LogP contribution is 2.11. The number of benzene rings is 1. The third-order valence-corrected chi connectivity index (χ3v) is 2.82. The molecule has 0 spiro atoms. The molecule has 5 nitrogen and oxygen atoms in total. The van der Waals surface area contributed by atoms with Crippen LogP contribution in [0.3, 0.4) is 0 Å². The summed E-state index contributed by atoms with van der Waals surface area (Å²) in [6, 6.07) is 10.3. The molecule has 2 rings (SSSR count). The molecule has 0 fully saturated rings. The van der Waals surface area contributed by atoms with E-state index in [4.69, 9.17) is 4.74 Å². The van der Waals surface area contributed by atoms with Gasteiger partial charge in [0.05, 0.1) is 12.7 Å². The Kier molecular flexibility index (Phi) is 4.55. The van der Waals surface area contributed by atoms with Crippen LogP contribution in [0.1, 0.15) is 15.9 Å². The number of methoxy groups -OCH3 is 1. The van der Waals surface area contributed by atoms with Gasteiger partial charge in [0.2, 0.25) is 0 Å². The minimum atomic E-state index is -0.472. The molecule has 0 radical (unpaired) electrons. The van der Waals surface area contributed by atoms with Crippen LogP contribution in [-0.4, -0.2) is 19.6 Å². The van der Waals surface area contributed by atoms with E-state index >= 15 is 0 Å². The lowest BCUT2D eigenvalue weighted by atomic mass is 10.1. The van der Waals surface area contributed by atoms with E-state index in [1.54, 1.807) is 7.11 Å². The number of carbonyl (C=O) groups excluding carboxylic acids is 1. The van der Waals surface area contributed by atoms with Gasteiger partial charge in [0, 0.05) is 12.6 Å². The van der Waals surface area contributed by atoms with Crippen LogP contribution in [0, 0.1) is 0 Å². The summed E-state index contributed by atoms with van der Waals surface area (Å²) in [6.07, 6.45) is 1.87. The van der Waals surface area contributed by atoms with Gasteiger partial charge in [0.15, 0.2) is 0 Å². The van der Waals surface area contributed by atoms with Gasteiger partial charge in [0.1, 0.15) is 12.0 Å². The molecule has 0 aliphatic carbocycles. The van der Waals surface area contributed by atoms with Gasteiger partial charge >= 0.3 is 5.63 Å². The second-order valence-corrected chi connectivity index (χ2v) is 4.20. The third-order valence-electron chi connectivity index (χ3n) is 2.82. The van der Waals surface area contributed by atoms with Gasteiger partial charge in [-0.1, -0.05) is 12.1 Å². The van der Waals surface area contributed by atoms with Crippen LogP contribution in [0.5, 0.6) is 5.75 Å². The maximum absolute atomic E-state index is 11.8. The van der Waals surface area contributed by atoms with Gasteiger partial charge in [-0.25, -0.2) is 4.79 Å². The van der Waals surface area contributed by atoms with Crippen molar-refractivity contribution in [1.29, 1.82) is 0 Å². The summed E-state index contributed by atoms with van der Waals surface area (Å²) in [5, 5.41) is 2.76. The minimum absolute atomic E-state index is 0.262. The lowest BCUT2D eigenvalue weighted by molar-refractivity contribution is 0.0951. The summed E-state index contributed by atoms with van der Waals surface area (Å²) in [4.78, 5) is 22.5. The number of hydrogen-bond donors (Lipinski definition) is 1. The van der Waals surface area contributed by atoms with E-state index in [2.05, 4.69) is 9.73 Å². The van der Waals surface area contributed by atoms with Crippen molar-refractivity contribution in [3.8, 4) is 5.75 Å². The number of carbonyl (C=O) groups is 1. The molecule has 0 bridgehead atoms. The van der Waals surface area contributed by atoms with E-state index in [1.165, 1.54) is 12.1 Å². The lowest BCUT2D eigenvalue weighted by Crippen LogP contribution is -2.25. The molecule has 104 valence electrons. The van der Waals surface area contributed by atoms with Gasteiger partial charge in [-0.3, -0.25) is 4.79 Å². The normalized spacial score (nSPS) is 10.1. The molecule has 1 amide bonds. The predicted octanol–water partition coefficient (Wildman–Crippen LogP) is 1.62. The predicted molar refractivity (Wildman–Crippen MR) is 74.0 cm³/mol. The van der Waals surface area contributed by atoms with Crippen molar-refractivity contribution in [3.63, 3.8) is 0 Å². The van der Waals surface area contributed by atoms with Crippen molar-refractivity contribution in [3.05, 3.63) is 64.2 Å². The van der Waals surface area contributed by atoms with Crippen molar-refractivity contribution >= 4 is 5.91 Å². The summed E-state index contributed by atoms with van der Waals surface area (Å²) in [7, 11) is 1.62. The molecule has 1 aromatic carbocycles. The second kappa shape index (κ2) is 6.56. The van der Waals surface area contributed by atoms with Crippen LogP contribution in [0.25, 0.3) is 0 Å². The Bertz CT molecular complexity index is 611. The van der Waals surface area contributed by atoms with Crippen LogP contribution in [0.4, 0.5) is 0 Å². The van der Waals surface area contributed by atoms with Gasteiger partial charge in [-0.2, -0.15) is 0 Å². The van der Waals surface area contributed by atoms with Crippen LogP contribution in [0.15, 0.2) is 51.9 Å². The van der Waals surface area contributed by atoms with Crippen molar-refractivity contribution < 1.29 is 13.9 Å². The van der Waals surface area contributed by atoms with Crippen LogP contribution in [0.2, 0.25) is 0 Å². The van der Waals surface area contributed by atoms with Gasteiger partial charge in [-0.15, -0.1) is 0 Å². The van der Waals surface area contributed by atoms with Crippen molar-refractivity contribution in [2.24, 2.45) is 0 Å². The molecule has 1 N–H and O–H groups in total. The zero-order chi connectivity index (χ0) is 14.4. The zero-order valence-electron chi connectivity index (χ0n) is 11.1. The van der Waals surface area contributed by atoms with Crippen LogP contribution >= 0.6 is 0 Å². The highest BCUT2D eigenvalue weighted by atomic mass is 16.5. The molecule has 0 saturated carbocycles. The zero-order valence-corrected chi connectivity index (χ0v) is 11.1. The van der Waals surface area contributed by atoms with E-state index in [-0.39, 0.29) is 5.91 Å². The van der Waals surface area contributed by atoms with Crippen LogP contribution in [-0.2, 0) is 6.42 Å². The van der Waals surface area contributed by atoms with Crippen LogP contribution < -0.4 is 15.7 Å². The average molecular weight is 273 g/mol. The maximum Gasteiger partial charge on any atom is 0.335 e. The Balaban J connectivity index is 1.84. The first-order chi connectivity index (χ1) is 9.69. The number of nitrogens with one attached hydrogen (secondary N) is 1. The third kappa shape index (κ3) is 3.71. The number of rotatable bonds is 5. The summed E-state index contributed by atoms with van der Waals surface area (Å²) in [6.45, 7) is 0.504. The second-order valence-electron chi connectivity index (χ2n) is 4.20. The molecule has 1 aromatic heterocycles. The molecule has 5 heteroatoms. The standard InChI is InChI=1S/C15H15NO4/c1-19-13-5-2-11(3-6-13)8-9-16-15(18)12-4-7-14(17)20-10-12/h2-7,10H,8-9H2,1H3,(H,16,18). The molecule has 0 aliphatic heterocycles. The Morgan fingerprint density at radius 2 is 1.95 bits per heavy atom. The molecular formula is C15H15NO4. The van der Waals surface area contributed by atoms with Crippen molar-refractivity contribution in [1.82, 2.24) is 5.32 Å². The Morgan fingerprint density at radius 3 is 2.55 bits per heavy atom. The molecule has 1 heterocycles. The lowest BCUT2D eigenvalue weighted by Gasteiger charge is -2.05. The molecule has 2 aromatic rings.